The summed E-state index contributed by atoms with van der Waals surface area (Å²) < 4.78 is 6.12. The maximum absolute atomic E-state index is 5.20. The van der Waals surface area contributed by atoms with E-state index in [0.29, 0.717) is 0 Å². The van der Waals surface area contributed by atoms with E-state index in [2.05, 4.69) is 27.8 Å². The predicted molar refractivity (Wildman–Crippen MR) is 48.1 cm³/mol. The summed E-state index contributed by atoms with van der Waals surface area (Å²) in [5.74, 6) is 0.849. The van der Waals surface area contributed by atoms with E-state index < -0.39 is 0 Å². The number of nitrogens with one attached hydrogen (secondary N) is 1. The van der Waals surface area contributed by atoms with Crippen LogP contribution in [0, 0.1) is 3.77 Å². The van der Waals surface area contributed by atoms with Crippen LogP contribution in [0.25, 0.3) is 0 Å². The highest BCUT2D eigenvalue weighted by atomic mass is 127. The van der Waals surface area contributed by atoms with E-state index in [4.69, 9.17) is 4.42 Å². The molecule has 0 amide bonds. The molecule has 0 saturated carbocycles. The van der Waals surface area contributed by atoms with E-state index in [0.717, 1.165) is 17.1 Å². The molecule has 0 aliphatic heterocycles. The van der Waals surface area contributed by atoms with Crippen molar-refractivity contribution in [2.24, 2.45) is 0 Å². The zero-order chi connectivity index (χ0) is 6.69. The Bertz CT molecular complexity index is 189. The summed E-state index contributed by atoms with van der Waals surface area (Å²) in [6.45, 7) is 2.04. The molecular formula is C5H7BINO. The van der Waals surface area contributed by atoms with Gasteiger partial charge in [-0.1, -0.05) is 6.82 Å². The van der Waals surface area contributed by atoms with E-state index in [1.54, 1.807) is 0 Å². The quantitative estimate of drug-likeness (QED) is 0.623. The van der Waals surface area contributed by atoms with Gasteiger partial charge < -0.3 is 9.64 Å². The van der Waals surface area contributed by atoms with E-state index in [1.807, 2.05) is 19.0 Å². The Balaban J connectivity index is 2.61. The number of hydrogen-bond acceptors (Lipinski definition) is 2. The molecule has 0 spiro atoms. The van der Waals surface area contributed by atoms with Gasteiger partial charge in [-0.2, -0.15) is 0 Å². The average molecular weight is 235 g/mol. The van der Waals surface area contributed by atoms with Crippen LogP contribution in [0.15, 0.2) is 16.5 Å². The molecule has 48 valence electrons. The monoisotopic (exact) mass is 235 g/mol. The van der Waals surface area contributed by atoms with Gasteiger partial charge in [0, 0.05) is 6.07 Å². The Morgan fingerprint density at radius 2 is 2.44 bits per heavy atom. The smallest absolute Gasteiger partial charge is 0.233 e. The van der Waals surface area contributed by atoms with Crippen molar-refractivity contribution >= 4 is 35.9 Å². The van der Waals surface area contributed by atoms with Gasteiger partial charge in [-0.05, 0) is 28.7 Å². The van der Waals surface area contributed by atoms with Crippen molar-refractivity contribution < 1.29 is 4.42 Å². The molecule has 4 heteroatoms. The maximum Gasteiger partial charge on any atom is 0.233 e. The molecular weight excluding hydrogens is 228 g/mol. The largest absolute Gasteiger partial charge is 0.436 e. The summed E-state index contributed by atoms with van der Waals surface area (Å²) in [5.41, 5.74) is 0. The van der Waals surface area contributed by atoms with E-state index >= 15 is 0 Å². The summed E-state index contributed by atoms with van der Waals surface area (Å²) >= 11 is 2.13. The highest BCUT2D eigenvalue weighted by Gasteiger charge is 1.94. The Hall–Kier alpha value is -0.125. The molecule has 2 nitrogen and oxygen atoms in total. The molecule has 1 rings (SSSR count). The van der Waals surface area contributed by atoms with Gasteiger partial charge in [0.2, 0.25) is 7.41 Å². The fourth-order valence-corrected chi connectivity index (χ4v) is 1.00. The van der Waals surface area contributed by atoms with Crippen LogP contribution < -0.4 is 5.23 Å². The molecule has 0 atom stereocenters. The van der Waals surface area contributed by atoms with Gasteiger partial charge >= 0.3 is 0 Å². The Kier molecular flexibility index (Phi) is 2.44. The van der Waals surface area contributed by atoms with Crippen LogP contribution in [0.2, 0.25) is 6.82 Å². The van der Waals surface area contributed by atoms with Gasteiger partial charge in [0.1, 0.15) is 0 Å². The van der Waals surface area contributed by atoms with Gasteiger partial charge in [0.05, 0.1) is 0 Å². The van der Waals surface area contributed by atoms with Crippen LogP contribution in [0.3, 0.4) is 0 Å². The molecule has 1 aromatic heterocycles. The van der Waals surface area contributed by atoms with Gasteiger partial charge in [-0.3, -0.25) is 0 Å². The molecule has 9 heavy (non-hydrogen) atoms. The van der Waals surface area contributed by atoms with Gasteiger partial charge in [0.25, 0.3) is 0 Å². The van der Waals surface area contributed by atoms with E-state index in [9.17, 15) is 0 Å². The van der Waals surface area contributed by atoms with Crippen molar-refractivity contribution in [1.29, 1.82) is 0 Å². The van der Waals surface area contributed by atoms with Crippen LogP contribution in [0.5, 0.6) is 0 Å². The molecule has 1 heterocycles. The third-order valence-corrected chi connectivity index (χ3v) is 1.50. The second-order valence-electron chi connectivity index (χ2n) is 1.63. The number of furan rings is 1. The maximum atomic E-state index is 5.20. The molecule has 0 aliphatic carbocycles. The van der Waals surface area contributed by atoms with Crippen LogP contribution in [0.4, 0.5) is 5.88 Å². The van der Waals surface area contributed by atoms with Crippen LogP contribution in [-0.4, -0.2) is 7.41 Å². The number of hydrogen-bond donors (Lipinski definition) is 1. The minimum atomic E-state index is 0.849. The summed E-state index contributed by atoms with van der Waals surface area (Å²) in [5, 5.41) is 3.06. The molecule has 0 saturated heterocycles. The lowest BCUT2D eigenvalue weighted by Gasteiger charge is -1.92. The second-order valence-corrected chi connectivity index (χ2v) is 2.70. The Labute approximate surface area is 68.4 Å². The lowest BCUT2D eigenvalue weighted by atomic mass is 10.0. The Morgan fingerprint density at radius 3 is 2.89 bits per heavy atom. The molecule has 0 bridgehead atoms. The van der Waals surface area contributed by atoms with E-state index in [1.165, 1.54) is 0 Å². The van der Waals surface area contributed by atoms with Gasteiger partial charge in [-0.15, -0.1) is 0 Å². The van der Waals surface area contributed by atoms with Crippen molar-refractivity contribution in [2.45, 2.75) is 6.82 Å². The molecule has 0 aliphatic rings. The first-order chi connectivity index (χ1) is 4.33. The first-order valence-corrected chi connectivity index (χ1v) is 3.90. The molecule has 1 aromatic rings. The average Bonchev–Trinajstić information content (AvgIpc) is 2.17. The van der Waals surface area contributed by atoms with Crippen LogP contribution in [0.1, 0.15) is 0 Å². The molecule has 0 radical (unpaired) electrons. The van der Waals surface area contributed by atoms with Crippen LogP contribution in [-0.2, 0) is 0 Å². The van der Waals surface area contributed by atoms with Crippen molar-refractivity contribution in [2.75, 3.05) is 5.23 Å². The number of anilines is 1. The van der Waals surface area contributed by atoms with Crippen LogP contribution >= 0.6 is 22.6 Å². The first kappa shape index (κ1) is 6.99. The highest BCUT2D eigenvalue weighted by Crippen LogP contribution is 2.13. The summed E-state index contributed by atoms with van der Waals surface area (Å²) in [6, 6.07) is 3.85. The van der Waals surface area contributed by atoms with E-state index in [-0.39, 0.29) is 0 Å². The lowest BCUT2D eigenvalue weighted by Crippen LogP contribution is -1.98. The van der Waals surface area contributed by atoms with Gasteiger partial charge in [0.15, 0.2) is 9.65 Å². The summed E-state index contributed by atoms with van der Waals surface area (Å²) in [4.78, 5) is 0. The Morgan fingerprint density at radius 1 is 1.67 bits per heavy atom. The molecule has 0 unspecified atom stereocenters. The second kappa shape index (κ2) is 3.15. The van der Waals surface area contributed by atoms with Crippen molar-refractivity contribution in [3.63, 3.8) is 0 Å². The zero-order valence-corrected chi connectivity index (χ0v) is 7.31. The first-order valence-electron chi connectivity index (χ1n) is 2.82. The molecule has 0 fully saturated rings. The molecule has 1 N–H and O–H groups in total. The number of rotatable bonds is 2. The minimum absolute atomic E-state index is 0.849. The SMILES string of the molecule is CBNc1ccc(I)o1. The number of halogens is 1. The zero-order valence-electron chi connectivity index (χ0n) is 5.15. The topological polar surface area (TPSA) is 25.2 Å². The third kappa shape index (κ3) is 1.93. The normalized spacial score (nSPS) is 9.11. The van der Waals surface area contributed by atoms with Crippen molar-refractivity contribution in [1.82, 2.24) is 0 Å². The third-order valence-electron chi connectivity index (χ3n) is 0.924. The van der Waals surface area contributed by atoms with Gasteiger partial charge in [-0.25, -0.2) is 0 Å². The highest BCUT2D eigenvalue weighted by molar-refractivity contribution is 14.1. The lowest BCUT2D eigenvalue weighted by molar-refractivity contribution is 0.557. The molecule has 0 aromatic carbocycles. The fourth-order valence-electron chi connectivity index (χ4n) is 0.584. The van der Waals surface area contributed by atoms with Crippen molar-refractivity contribution in [3.8, 4) is 0 Å². The fraction of sp³-hybridized carbons (Fsp3) is 0.200. The standard InChI is InChI=1S/C5H7BINO/c1-6-8-5-3-2-4(7)9-5/h2-3,6,8H,1H3. The summed E-state index contributed by atoms with van der Waals surface area (Å²) in [7, 11) is 0.906. The van der Waals surface area contributed by atoms with Crippen molar-refractivity contribution in [3.05, 3.63) is 15.9 Å². The summed E-state index contributed by atoms with van der Waals surface area (Å²) in [6.07, 6.45) is 0. The minimum Gasteiger partial charge on any atom is -0.436 e. The predicted octanol–water partition coefficient (Wildman–Crippen LogP) is 1.70.